The average Bonchev–Trinajstić information content (AvgIpc) is 3.20. The van der Waals surface area contributed by atoms with Crippen LogP contribution in [0.1, 0.15) is 27.9 Å². The fourth-order valence-electron chi connectivity index (χ4n) is 3.80. The number of fused-ring (bicyclic) bond motifs is 1. The van der Waals surface area contributed by atoms with Gasteiger partial charge in [-0.05, 0) is 31.9 Å². The van der Waals surface area contributed by atoms with E-state index in [9.17, 15) is 15.0 Å². The number of phenolic OH excluding ortho intramolecular Hbond substituents is 1. The van der Waals surface area contributed by atoms with Crippen LogP contribution in [-0.2, 0) is 0 Å². The topological polar surface area (TPSA) is 144 Å². The second-order valence-electron chi connectivity index (χ2n) is 7.13. The van der Waals surface area contributed by atoms with Crippen LogP contribution in [0.4, 0.5) is 11.8 Å². The molecule has 146 valence electrons. The number of nitrogen functional groups attached to an aromatic ring is 1. The molecule has 28 heavy (non-hydrogen) atoms. The molecule has 4 rings (SSSR count). The number of carbonyl (C=O) groups is 1. The van der Waals surface area contributed by atoms with Crippen molar-refractivity contribution in [3.8, 4) is 11.4 Å². The van der Waals surface area contributed by atoms with E-state index in [1.807, 2.05) is 11.8 Å². The molecule has 1 saturated heterocycles. The number of nitrogens with two attached hydrogens (primary N) is 2. The van der Waals surface area contributed by atoms with Crippen LogP contribution in [0, 0.1) is 13.8 Å². The van der Waals surface area contributed by atoms with E-state index in [1.165, 1.54) is 6.20 Å². The number of rotatable bonds is 3. The molecule has 0 saturated carbocycles. The van der Waals surface area contributed by atoms with E-state index in [0.29, 0.717) is 47.7 Å². The summed E-state index contributed by atoms with van der Waals surface area (Å²) in [5.74, 6) is 0.0190. The number of primary amides is 1. The number of aliphatic hydroxyl groups excluding tert-OH is 1. The van der Waals surface area contributed by atoms with Crippen molar-refractivity contribution >= 4 is 28.7 Å². The lowest BCUT2D eigenvalue weighted by molar-refractivity contribution is 0.100. The zero-order valence-electron chi connectivity index (χ0n) is 15.7. The Labute approximate surface area is 161 Å². The highest BCUT2D eigenvalue weighted by atomic mass is 16.3. The lowest BCUT2D eigenvalue weighted by Crippen LogP contribution is -2.23. The van der Waals surface area contributed by atoms with Gasteiger partial charge in [-0.15, -0.1) is 0 Å². The van der Waals surface area contributed by atoms with E-state index in [-0.39, 0.29) is 17.1 Å². The van der Waals surface area contributed by atoms with Crippen LogP contribution in [0.15, 0.2) is 18.3 Å². The monoisotopic (exact) mass is 382 g/mol. The van der Waals surface area contributed by atoms with Gasteiger partial charge in [-0.1, -0.05) is 6.07 Å². The molecule has 9 nitrogen and oxygen atoms in total. The Morgan fingerprint density at radius 3 is 2.71 bits per heavy atom. The maximum Gasteiger partial charge on any atom is 0.253 e. The van der Waals surface area contributed by atoms with Crippen molar-refractivity contribution < 1.29 is 15.0 Å². The number of hydrogen-bond donors (Lipinski definition) is 4. The van der Waals surface area contributed by atoms with Crippen LogP contribution in [0.2, 0.25) is 0 Å². The van der Waals surface area contributed by atoms with Crippen molar-refractivity contribution in [3.05, 3.63) is 35.0 Å². The summed E-state index contributed by atoms with van der Waals surface area (Å²) in [5, 5.41) is 20.5. The number of benzene rings is 1. The number of aromatic hydroxyl groups is 1. The lowest BCUT2D eigenvalue weighted by atomic mass is 10.1. The average molecular weight is 382 g/mol. The second kappa shape index (κ2) is 6.38. The maximum absolute atomic E-state index is 12.1. The van der Waals surface area contributed by atoms with E-state index < -0.39 is 12.0 Å². The molecule has 1 aliphatic rings. The molecule has 1 aliphatic heterocycles. The number of aryl methyl sites for hydroxylation is 1. The molecule has 1 aromatic carbocycles. The largest absolute Gasteiger partial charge is 0.508 e. The van der Waals surface area contributed by atoms with E-state index >= 15 is 0 Å². The van der Waals surface area contributed by atoms with Crippen LogP contribution in [-0.4, -0.2) is 49.8 Å². The Balaban J connectivity index is 2.03. The Kier molecular flexibility index (Phi) is 4.11. The Hall–Kier alpha value is -3.33. The van der Waals surface area contributed by atoms with Gasteiger partial charge in [-0.2, -0.15) is 4.98 Å². The highest BCUT2D eigenvalue weighted by Crippen LogP contribution is 2.36. The molecule has 0 bridgehead atoms. The standard InChI is InChI=1S/C19H22N6O3/c1-9-3-4-13(27)10(2)15(9)25-16(20)14(17(21)28)12-7-22-19(23-18(12)25)24-6-5-11(26)8-24/h3-4,7,11,26-27H,5-6,8,20H2,1-2H3,(H2,21,28)/t11-/m1/s1. The number of β-amino-alcohol motifs (C(OH)–C–C–N with tert-alkyl or cyclic N) is 1. The molecule has 0 aliphatic carbocycles. The van der Waals surface area contributed by atoms with E-state index in [2.05, 4.69) is 9.97 Å². The fourth-order valence-corrected chi connectivity index (χ4v) is 3.80. The minimum atomic E-state index is -0.676. The molecule has 3 aromatic rings. The minimum absolute atomic E-state index is 0.111. The molecule has 0 radical (unpaired) electrons. The first-order valence-corrected chi connectivity index (χ1v) is 8.99. The molecule has 0 spiro atoms. The quantitative estimate of drug-likeness (QED) is 0.529. The molecular formula is C19H22N6O3. The minimum Gasteiger partial charge on any atom is -0.508 e. The zero-order valence-corrected chi connectivity index (χ0v) is 15.7. The summed E-state index contributed by atoms with van der Waals surface area (Å²) < 4.78 is 1.64. The van der Waals surface area contributed by atoms with Gasteiger partial charge in [0.05, 0.1) is 22.7 Å². The summed E-state index contributed by atoms with van der Waals surface area (Å²) in [6.45, 7) is 4.73. The van der Waals surface area contributed by atoms with Gasteiger partial charge in [0, 0.05) is 24.8 Å². The van der Waals surface area contributed by atoms with Gasteiger partial charge in [-0.25, -0.2) is 4.98 Å². The van der Waals surface area contributed by atoms with Crippen molar-refractivity contribution in [1.82, 2.24) is 14.5 Å². The number of hydrogen-bond acceptors (Lipinski definition) is 7. The van der Waals surface area contributed by atoms with Crippen LogP contribution in [0.3, 0.4) is 0 Å². The number of anilines is 2. The number of nitrogens with zero attached hydrogens (tertiary/aromatic N) is 4. The summed E-state index contributed by atoms with van der Waals surface area (Å²) in [6.07, 6.45) is 1.75. The van der Waals surface area contributed by atoms with Gasteiger partial charge >= 0.3 is 0 Å². The third-order valence-corrected chi connectivity index (χ3v) is 5.25. The lowest BCUT2D eigenvalue weighted by Gasteiger charge is -2.17. The Morgan fingerprint density at radius 1 is 1.32 bits per heavy atom. The van der Waals surface area contributed by atoms with Gasteiger partial charge in [0.1, 0.15) is 11.6 Å². The van der Waals surface area contributed by atoms with Gasteiger partial charge < -0.3 is 26.6 Å². The van der Waals surface area contributed by atoms with Crippen LogP contribution < -0.4 is 16.4 Å². The maximum atomic E-state index is 12.1. The summed E-state index contributed by atoms with van der Waals surface area (Å²) in [7, 11) is 0. The predicted molar refractivity (Wildman–Crippen MR) is 106 cm³/mol. The third-order valence-electron chi connectivity index (χ3n) is 5.25. The number of amides is 1. The molecular weight excluding hydrogens is 360 g/mol. The SMILES string of the molecule is Cc1ccc(O)c(C)c1-n1c(N)c(C(N)=O)c2cnc(N3CC[C@@H](O)C3)nc21. The zero-order chi connectivity index (χ0) is 20.2. The summed E-state index contributed by atoms with van der Waals surface area (Å²) in [4.78, 5) is 23.0. The number of carbonyl (C=O) groups excluding carboxylic acids is 1. The normalized spacial score (nSPS) is 16.8. The summed E-state index contributed by atoms with van der Waals surface area (Å²) in [6, 6.07) is 3.38. The highest BCUT2D eigenvalue weighted by Gasteiger charge is 2.27. The van der Waals surface area contributed by atoms with Gasteiger partial charge in [0.2, 0.25) is 5.95 Å². The predicted octanol–water partition coefficient (Wildman–Crippen LogP) is 0.995. The van der Waals surface area contributed by atoms with Crippen molar-refractivity contribution in [2.24, 2.45) is 5.73 Å². The first-order chi connectivity index (χ1) is 13.3. The first-order valence-electron chi connectivity index (χ1n) is 8.99. The van der Waals surface area contributed by atoms with Crippen molar-refractivity contribution in [1.29, 1.82) is 0 Å². The first kappa shape index (κ1) is 18.1. The van der Waals surface area contributed by atoms with Crippen molar-refractivity contribution in [3.63, 3.8) is 0 Å². The molecule has 2 aromatic heterocycles. The molecule has 6 N–H and O–H groups in total. The van der Waals surface area contributed by atoms with Crippen LogP contribution in [0.25, 0.3) is 16.7 Å². The Bertz CT molecular complexity index is 1110. The molecule has 0 unspecified atom stereocenters. The second-order valence-corrected chi connectivity index (χ2v) is 7.13. The van der Waals surface area contributed by atoms with Crippen LogP contribution in [0.5, 0.6) is 5.75 Å². The third kappa shape index (κ3) is 2.63. The van der Waals surface area contributed by atoms with E-state index in [4.69, 9.17) is 11.5 Å². The van der Waals surface area contributed by atoms with Crippen molar-refractivity contribution in [2.45, 2.75) is 26.4 Å². The van der Waals surface area contributed by atoms with Crippen LogP contribution >= 0.6 is 0 Å². The Morgan fingerprint density at radius 2 is 2.07 bits per heavy atom. The van der Waals surface area contributed by atoms with Gasteiger partial charge in [0.25, 0.3) is 5.91 Å². The molecule has 1 amide bonds. The van der Waals surface area contributed by atoms with Crippen molar-refractivity contribution in [2.75, 3.05) is 23.7 Å². The number of aromatic nitrogens is 3. The summed E-state index contributed by atoms with van der Waals surface area (Å²) >= 11 is 0. The highest BCUT2D eigenvalue weighted by molar-refractivity contribution is 6.11. The molecule has 3 heterocycles. The fraction of sp³-hybridized carbons (Fsp3) is 0.316. The molecule has 1 atom stereocenters. The number of aliphatic hydroxyl groups is 1. The van der Waals surface area contributed by atoms with Gasteiger partial charge in [0.15, 0.2) is 5.65 Å². The van der Waals surface area contributed by atoms with Gasteiger partial charge in [-0.3, -0.25) is 9.36 Å². The smallest absolute Gasteiger partial charge is 0.253 e. The number of phenols is 1. The summed E-state index contributed by atoms with van der Waals surface area (Å²) in [5.41, 5.74) is 14.6. The van der Waals surface area contributed by atoms with E-state index in [0.717, 1.165) is 5.56 Å². The molecule has 9 heteroatoms. The van der Waals surface area contributed by atoms with E-state index in [1.54, 1.807) is 23.6 Å². The molecule has 1 fully saturated rings.